The number of nitrogens with zero attached hydrogens (tertiary/aromatic N) is 1. The van der Waals surface area contributed by atoms with Gasteiger partial charge in [0.25, 0.3) is 0 Å². The van der Waals surface area contributed by atoms with E-state index in [9.17, 15) is 8.42 Å². The van der Waals surface area contributed by atoms with E-state index in [0.717, 1.165) is 11.1 Å². The van der Waals surface area contributed by atoms with Gasteiger partial charge in [-0.05, 0) is 35.9 Å². The molecule has 1 aliphatic rings. The summed E-state index contributed by atoms with van der Waals surface area (Å²) in [6.07, 6.45) is 2.12. The van der Waals surface area contributed by atoms with E-state index in [2.05, 4.69) is 0 Å². The molecule has 0 saturated carbocycles. The molecule has 3 rings (SSSR count). The molecule has 0 amide bonds. The maximum atomic E-state index is 12.6. The predicted molar refractivity (Wildman–Crippen MR) is 82.0 cm³/mol. The Hall–Kier alpha value is -2.58. The van der Waals surface area contributed by atoms with Crippen LogP contribution in [-0.4, -0.2) is 15.0 Å². The third kappa shape index (κ3) is 2.49. The molecule has 0 N–H and O–H groups in total. The molecule has 0 atom stereocenters. The van der Waals surface area contributed by atoms with Crippen LogP contribution in [0.25, 0.3) is 5.57 Å². The molecule has 4 nitrogen and oxygen atoms in total. The van der Waals surface area contributed by atoms with Crippen LogP contribution in [0.15, 0.2) is 64.4 Å². The summed E-state index contributed by atoms with van der Waals surface area (Å²) in [7, 11) is -3.57. The predicted octanol–water partition coefficient (Wildman–Crippen LogP) is 3.21. The smallest absolute Gasteiger partial charge is 0.206 e. The van der Waals surface area contributed by atoms with Crippen LogP contribution >= 0.6 is 0 Å². The van der Waals surface area contributed by atoms with Crippen molar-refractivity contribution < 1.29 is 13.2 Å². The third-order valence-corrected chi connectivity index (χ3v) is 5.30. The largest absolute Gasteiger partial charge is 0.493 e. The summed E-state index contributed by atoms with van der Waals surface area (Å²) in [6, 6.07) is 15.1. The monoisotopic (exact) mass is 311 g/mol. The molecule has 0 aliphatic carbocycles. The number of hydrogen-bond acceptors (Lipinski definition) is 4. The second kappa shape index (κ2) is 5.66. The number of nitriles is 1. The zero-order valence-electron chi connectivity index (χ0n) is 11.7. The van der Waals surface area contributed by atoms with Crippen molar-refractivity contribution in [3.63, 3.8) is 0 Å². The SMILES string of the molecule is N#CC=C1CCOc2cc(S(=O)(=O)c3ccccc3)ccc21. The average molecular weight is 311 g/mol. The van der Waals surface area contributed by atoms with Gasteiger partial charge < -0.3 is 4.74 Å². The summed E-state index contributed by atoms with van der Waals surface area (Å²) >= 11 is 0. The molecule has 1 aliphatic heterocycles. The highest BCUT2D eigenvalue weighted by molar-refractivity contribution is 7.91. The van der Waals surface area contributed by atoms with Crippen LogP contribution in [0.4, 0.5) is 0 Å². The Balaban J connectivity index is 2.09. The van der Waals surface area contributed by atoms with E-state index < -0.39 is 9.84 Å². The molecule has 2 aromatic rings. The molecule has 110 valence electrons. The minimum Gasteiger partial charge on any atom is -0.493 e. The number of allylic oxidation sites excluding steroid dienone is 1. The topological polar surface area (TPSA) is 67.2 Å². The zero-order chi connectivity index (χ0) is 15.6. The number of rotatable bonds is 2. The Labute approximate surface area is 129 Å². The molecule has 0 saturated heterocycles. The van der Waals surface area contributed by atoms with E-state index in [-0.39, 0.29) is 9.79 Å². The minimum absolute atomic E-state index is 0.190. The fourth-order valence-corrected chi connectivity index (χ4v) is 3.72. The van der Waals surface area contributed by atoms with Crippen molar-refractivity contribution in [1.29, 1.82) is 5.26 Å². The number of sulfone groups is 1. The first kappa shape index (κ1) is 14.4. The highest BCUT2D eigenvalue weighted by Crippen LogP contribution is 2.35. The standard InChI is InChI=1S/C17H13NO3S/c18-10-8-13-9-11-21-17-12-15(6-7-16(13)17)22(19,20)14-4-2-1-3-5-14/h1-8,12H,9,11H2. The van der Waals surface area contributed by atoms with Crippen LogP contribution in [0.3, 0.4) is 0 Å². The minimum atomic E-state index is -3.57. The normalized spacial score (nSPS) is 15.7. The van der Waals surface area contributed by atoms with Gasteiger partial charge in [0.15, 0.2) is 0 Å². The summed E-state index contributed by atoms with van der Waals surface area (Å²) in [5.41, 5.74) is 1.65. The lowest BCUT2D eigenvalue weighted by molar-refractivity contribution is 0.315. The van der Waals surface area contributed by atoms with Gasteiger partial charge in [-0.25, -0.2) is 8.42 Å². The van der Waals surface area contributed by atoms with E-state index in [0.29, 0.717) is 18.8 Å². The fraction of sp³-hybridized carbons (Fsp3) is 0.118. The van der Waals surface area contributed by atoms with Crippen molar-refractivity contribution in [1.82, 2.24) is 0 Å². The molecule has 2 aromatic carbocycles. The van der Waals surface area contributed by atoms with Gasteiger partial charge in [-0.2, -0.15) is 5.26 Å². The Morgan fingerprint density at radius 1 is 1.09 bits per heavy atom. The van der Waals surface area contributed by atoms with Crippen LogP contribution in [0.2, 0.25) is 0 Å². The molecule has 22 heavy (non-hydrogen) atoms. The van der Waals surface area contributed by atoms with Gasteiger partial charge in [-0.15, -0.1) is 0 Å². The molecule has 0 bridgehead atoms. The molecule has 0 fully saturated rings. The van der Waals surface area contributed by atoms with Crippen molar-refractivity contribution in [3.05, 3.63) is 60.2 Å². The van der Waals surface area contributed by atoms with Gasteiger partial charge in [0.1, 0.15) is 5.75 Å². The van der Waals surface area contributed by atoms with E-state index in [4.69, 9.17) is 10.00 Å². The maximum absolute atomic E-state index is 12.6. The number of fused-ring (bicyclic) bond motifs is 1. The summed E-state index contributed by atoms with van der Waals surface area (Å²) in [5.74, 6) is 0.504. The van der Waals surface area contributed by atoms with Crippen molar-refractivity contribution >= 4 is 15.4 Å². The van der Waals surface area contributed by atoms with Gasteiger partial charge in [0, 0.05) is 18.1 Å². The van der Waals surface area contributed by atoms with Crippen LogP contribution < -0.4 is 4.74 Å². The van der Waals surface area contributed by atoms with Gasteiger partial charge in [-0.1, -0.05) is 18.2 Å². The lowest BCUT2D eigenvalue weighted by atomic mass is 10.00. The molecule has 1 heterocycles. The quantitative estimate of drug-likeness (QED) is 0.799. The van der Waals surface area contributed by atoms with Gasteiger partial charge in [0.05, 0.1) is 22.5 Å². The molecule has 0 unspecified atom stereocenters. The van der Waals surface area contributed by atoms with Gasteiger partial charge >= 0.3 is 0 Å². The number of hydrogen-bond donors (Lipinski definition) is 0. The number of benzene rings is 2. The molecule has 5 heteroatoms. The molecular weight excluding hydrogens is 298 g/mol. The van der Waals surface area contributed by atoms with Gasteiger partial charge in [0.2, 0.25) is 9.84 Å². The lowest BCUT2D eigenvalue weighted by Gasteiger charge is -2.20. The lowest BCUT2D eigenvalue weighted by Crippen LogP contribution is -2.09. The van der Waals surface area contributed by atoms with E-state index in [1.807, 2.05) is 6.07 Å². The summed E-state index contributed by atoms with van der Waals surface area (Å²) < 4.78 is 30.8. The van der Waals surface area contributed by atoms with Crippen LogP contribution in [-0.2, 0) is 9.84 Å². The van der Waals surface area contributed by atoms with Gasteiger partial charge in [-0.3, -0.25) is 0 Å². The zero-order valence-corrected chi connectivity index (χ0v) is 12.5. The summed E-state index contributed by atoms with van der Waals surface area (Å²) in [4.78, 5) is 0.439. The Morgan fingerprint density at radius 3 is 2.59 bits per heavy atom. The van der Waals surface area contributed by atoms with Crippen molar-refractivity contribution in [2.45, 2.75) is 16.2 Å². The highest BCUT2D eigenvalue weighted by atomic mass is 32.2. The maximum Gasteiger partial charge on any atom is 0.206 e. The first-order valence-electron chi connectivity index (χ1n) is 6.79. The fourth-order valence-electron chi connectivity index (χ4n) is 2.42. The molecule has 0 aromatic heterocycles. The highest BCUT2D eigenvalue weighted by Gasteiger charge is 2.22. The first-order valence-corrected chi connectivity index (χ1v) is 8.27. The third-order valence-electron chi connectivity index (χ3n) is 3.53. The summed E-state index contributed by atoms with van der Waals surface area (Å²) in [6.45, 7) is 0.440. The van der Waals surface area contributed by atoms with Crippen LogP contribution in [0, 0.1) is 11.3 Å². The van der Waals surface area contributed by atoms with Crippen molar-refractivity contribution in [2.24, 2.45) is 0 Å². The first-order chi connectivity index (χ1) is 10.6. The Morgan fingerprint density at radius 2 is 1.86 bits per heavy atom. The van der Waals surface area contributed by atoms with Crippen LogP contribution in [0.5, 0.6) is 5.75 Å². The second-order valence-electron chi connectivity index (χ2n) is 4.87. The Bertz CT molecular complexity index is 878. The Kier molecular flexibility index (Phi) is 3.70. The van der Waals surface area contributed by atoms with Crippen molar-refractivity contribution in [3.8, 4) is 11.8 Å². The summed E-state index contributed by atoms with van der Waals surface area (Å²) in [5, 5.41) is 8.81. The second-order valence-corrected chi connectivity index (χ2v) is 6.82. The average Bonchev–Trinajstić information content (AvgIpc) is 2.56. The molecular formula is C17H13NO3S. The van der Waals surface area contributed by atoms with Crippen LogP contribution in [0.1, 0.15) is 12.0 Å². The number of ether oxygens (including phenoxy) is 1. The van der Waals surface area contributed by atoms with E-state index in [1.54, 1.807) is 42.5 Å². The van der Waals surface area contributed by atoms with E-state index >= 15 is 0 Å². The van der Waals surface area contributed by atoms with Crippen molar-refractivity contribution in [2.75, 3.05) is 6.61 Å². The molecule has 0 spiro atoms. The van der Waals surface area contributed by atoms with E-state index in [1.165, 1.54) is 12.1 Å². The molecule has 0 radical (unpaired) electrons.